The van der Waals surface area contributed by atoms with E-state index in [1.165, 1.54) is 4.90 Å². The number of aromatic nitrogens is 3. The van der Waals surface area contributed by atoms with Gasteiger partial charge in [-0.15, -0.1) is 0 Å². The topological polar surface area (TPSA) is 146 Å². The number of hydrogen-bond acceptors (Lipinski definition) is 10. The minimum absolute atomic E-state index is 0.0762. The fourth-order valence-electron chi connectivity index (χ4n) is 4.62. The molecule has 5 rings (SSSR count). The highest BCUT2D eigenvalue weighted by Crippen LogP contribution is 2.34. The van der Waals surface area contributed by atoms with Crippen LogP contribution in [0.4, 0.5) is 4.79 Å². The Morgan fingerprint density at radius 3 is 2.54 bits per heavy atom. The number of carbonyl (C=O) groups is 2. The number of benzene rings is 2. The summed E-state index contributed by atoms with van der Waals surface area (Å²) in [5, 5.41) is 8.92. The van der Waals surface area contributed by atoms with Crippen LogP contribution >= 0.6 is 0 Å². The molecule has 1 aliphatic rings. The third-order valence-electron chi connectivity index (χ3n) is 6.40. The number of carboxylic acid groups (broad SMARTS) is 1. The highest BCUT2D eigenvalue weighted by molar-refractivity contribution is 5.79. The quantitative estimate of drug-likeness (QED) is 0.244. The summed E-state index contributed by atoms with van der Waals surface area (Å²) in [6.45, 7) is 6.30. The molecule has 2 aromatic carbocycles. The molecule has 1 fully saturated rings. The predicted octanol–water partition coefficient (Wildman–Crippen LogP) is 5.50. The number of carbonyl (C=O) groups excluding carboxylic acids is 1. The Kier molecular flexibility index (Phi) is 8.18. The van der Waals surface area contributed by atoms with Crippen LogP contribution in [-0.4, -0.2) is 63.0 Å². The predicted molar refractivity (Wildman–Crippen MR) is 146 cm³/mol. The smallest absolute Gasteiger partial charge is 0.483 e. The summed E-state index contributed by atoms with van der Waals surface area (Å²) in [4.78, 5) is 38.5. The standard InChI is InChI=1S/C29H30N4O8/c1-4-13-37-26-23-27(32-28(31-26)39-20-9-6-5-7-10-20)41-25(30-23)19-14-17(2)24(18(3)15-19)38-16-21(34)33-12-8-11-22(33)40-29(35)36/h5-7,9-10,14-15,22H,4,8,11-13,16H2,1-3H3,(H,35,36)/t22-/m0/s1. The van der Waals surface area contributed by atoms with Crippen LogP contribution in [0.25, 0.3) is 22.7 Å². The molecule has 1 atom stereocenters. The summed E-state index contributed by atoms with van der Waals surface area (Å²) < 4.78 is 28.4. The van der Waals surface area contributed by atoms with Crippen molar-refractivity contribution in [1.82, 2.24) is 19.9 Å². The third-order valence-corrected chi connectivity index (χ3v) is 6.40. The van der Waals surface area contributed by atoms with Crippen LogP contribution in [0.15, 0.2) is 46.9 Å². The number of rotatable bonds is 10. The van der Waals surface area contributed by atoms with Crippen LogP contribution in [0, 0.1) is 13.8 Å². The molecule has 1 N–H and O–H groups in total. The van der Waals surface area contributed by atoms with Gasteiger partial charge in [0.15, 0.2) is 18.4 Å². The largest absolute Gasteiger partial charge is 0.507 e. The number of ether oxygens (including phenoxy) is 4. The Morgan fingerprint density at radius 2 is 1.83 bits per heavy atom. The summed E-state index contributed by atoms with van der Waals surface area (Å²) in [5.41, 5.74) is 2.79. The van der Waals surface area contributed by atoms with Gasteiger partial charge in [-0.05, 0) is 62.1 Å². The molecular weight excluding hydrogens is 532 g/mol. The van der Waals surface area contributed by atoms with Crippen molar-refractivity contribution in [1.29, 1.82) is 0 Å². The molecule has 12 heteroatoms. The summed E-state index contributed by atoms with van der Waals surface area (Å²) in [6, 6.07) is 12.9. The van der Waals surface area contributed by atoms with Gasteiger partial charge >= 0.3 is 12.2 Å². The maximum atomic E-state index is 12.7. The van der Waals surface area contributed by atoms with Gasteiger partial charge in [-0.1, -0.05) is 25.1 Å². The van der Waals surface area contributed by atoms with E-state index in [9.17, 15) is 9.59 Å². The lowest BCUT2D eigenvalue weighted by molar-refractivity contribution is -0.141. The van der Waals surface area contributed by atoms with Crippen LogP contribution in [0.3, 0.4) is 0 Å². The van der Waals surface area contributed by atoms with Crippen LogP contribution in [0.1, 0.15) is 37.3 Å². The minimum Gasteiger partial charge on any atom is -0.483 e. The summed E-state index contributed by atoms with van der Waals surface area (Å²) >= 11 is 0. The molecule has 0 spiro atoms. The second-order valence-electron chi connectivity index (χ2n) is 9.54. The van der Waals surface area contributed by atoms with Gasteiger partial charge in [0.05, 0.1) is 6.61 Å². The minimum atomic E-state index is -1.41. The first-order chi connectivity index (χ1) is 19.8. The summed E-state index contributed by atoms with van der Waals surface area (Å²) in [7, 11) is 0. The zero-order valence-corrected chi connectivity index (χ0v) is 23.0. The molecule has 3 heterocycles. The second-order valence-corrected chi connectivity index (χ2v) is 9.54. The van der Waals surface area contributed by atoms with Gasteiger partial charge in [0.1, 0.15) is 11.5 Å². The molecule has 12 nitrogen and oxygen atoms in total. The number of aryl methyl sites for hydroxylation is 2. The third kappa shape index (κ3) is 6.32. The number of hydrogen-bond donors (Lipinski definition) is 1. The average Bonchev–Trinajstić information content (AvgIpc) is 3.58. The molecule has 0 aliphatic carbocycles. The normalized spacial score (nSPS) is 14.7. The van der Waals surface area contributed by atoms with Gasteiger partial charge < -0.3 is 33.4 Å². The van der Waals surface area contributed by atoms with E-state index in [0.29, 0.717) is 54.5 Å². The molecule has 0 saturated carbocycles. The first kappa shape index (κ1) is 27.7. The number of amides is 1. The van der Waals surface area contributed by atoms with Crippen molar-refractivity contribution in [3.63, 3.8) is 0 Å². The fourth-order valence-corrected chi connectivity index (χ4v) is 4.62. The van der Waals surface area contributed by atoms with E-state index < -0.39 is 12.4 Å². The van der Waals surface area contributed by atoms with Crippen molar-refractivity contribution in [2.24, 2.45) is 0 Å². The van der Waals surface area contributed by atoms with E-state index in [1.807, 2.05) is 51.1 Å². The molecule has 0 radical (unpaired) electrons. The van der Waals surface area contributed by atoms with Crippen molar-refractivity contribution in [3.05, 3.63) is 53.6 Å². The fraction of sp³-hybridized carbons (Fsp3) is 0.345. The number of likely N-dealkylation sites (tertiary alicyclic amines) is 1. The highest BCUT2D eigenvalue weighted by atomic mass is 16.7. The van der Waals surface area contributed by atoms with Crippen molar-refractivity contribution in [3.8, 4) is 34.8 Å². The molecule has 1 aliphatic heterocycles. The maximum Gasteiger partial charge on any atom is 0.507 e. The van der Waals surface area contributed by atoms with Gasteiger partial charge in [-0.2, -0.15) is 9.97 Å². The Hall–Kier alpha value is -4.87. The lowest BCUT2D eigenvalue weighted by atomic mass is 10.1. The number of fused-ring (bicyclic) bond motifs is 1. The molecule has 41 heavy (non-hydrogen) atoms. The Bertz CT molecular complexity index is 1530. The first-order valence-corrected chi connectivity index (χ1v) is 13.3. The van der Waals surface area contributed by atoms with E-state index >= 15 is 0 Å². The zero-order chi connectivity index (χ0) is 28.9. The molecule has 4 aromatic rings. The second kappa shape index (κ2) is 12.1. The Balaban J connectivity index is 1.37. The zero-order valence-electron chi connectivity index (χ0n) is 23.0. The van der Waals surface area contributed by atoms with Crippen molar-refractivity contribution in [2.45, 2.75) is 46.3 Å². The van der Waals surface area contributed by atoms with Crippen LogP contribution < -0.4 is 14.2 Å². The van der Waals surface area contributed by atoms with E-state index in [-0.39, 0.29) is 30.1 Å². The highest BCUT2D eigenvalue weighted by Gasteiger charge is 2.32. The lowest BCUT2D eigenvalue weighted by Crippen LogP contribution is -2.40. The summed E-state index contributed by atoms with van der Waals surface area (Å²) in [6.07, 6.45) is -0.299. The van der Waals surface area contributed by atoms with Crippen LogP contribution in [0.2, 0.25) is 0 Å². The van der Waals surface area contributed by atoms with E-state index in [4.69, 9.17) is 28.5 Å². The monoisotopic (exact) mass is 562 g/mol. The molecule has 2 aromatic heterocycles. The average molecular weight is 563 g/mol. The van der Waals surface area contributed by atoms with E-state index in [1.54, 1.807) is 12.1 Å². The van der Waals surface area contributed by atoms with Crippen molar-refractivity contribution >= 4 is 23.3 Å². The molecule has 1 amide bonds. The number of oxazole rings is 1. The van der Waals surface area contributed by atoms with Crippen LogP contribution in [0.5, 0.6) is 23.4 Å². The summed E-state index contributed by atoms with van der Waals surface area (Å²) in [5.74, 6) is 1.34. The van der Waals surface area contributed by atoms with Gasteiger partial charge in [0.25, 0.3) is 17.5 Å². The SMILES string of the molecule is CCCOc1nc(Oc2ccccc2)nc2oc(-c3cc(C)c(OCC(=O)N4CCC[C@@H]4OC(=O)O)c(C)c3)nc12. The Morgan fingerprint density at radius 1 is 1.07 bits per heavy atom. The van der Waals surface area contributed by atoms with E-state index in [2.05, 4.69) is 15.0 Å². The first-order valence-electron chi connectivity index (χ1n) is 13.3. The molecular formula is C29H30N4O8. The van der Waals surface area contributed by atoms with Gasteiger partial charge in [-0.25, -0.2) is 9.78 Å². The molecule has 214 valence electrons. The lowest BCUT2D eigenvalue weighted by Gasteiger charge is -2.23. The number of nitrogens with zero attached hydrogens (tertiary/aromatic N) is 4. The maximum absolute atomic E-state index is 12.7. The molecule has 0 unspecified atom stereocenters. The Labute approximate surface area is 235 Å². The molecule has 1 saturated heterocycles. The van der Waals surface area contributed by atoms with E-state index in [0.717, 1.165) is 17.5 Å². The van der Waals surface area contributed by atoms with Gasteiger partial charge in [0.2, 0.25) is 5.89 Å². The number of para-hydroxylation sites is 1. The van der Waals surface area contributed by atoms with Gasteiger partial charge in [0, 0.05) is 18.5 Å². The van der Waals surface area contributed by atoms with Crippen molar-refractivity contribution in [2.75, 3.05) is 19.8 Å². The molecule has 0 bridgehead atoms. The van der Waals surface area contributed by atoms with Crippen LogP contribution in [-0.2, 0) is 9.53 Å². The van der Waals surface area contributed by atoms with Crippen molar-refractivity contribution < 1.29 is 38.1 Å². The van der Waals surface area contributed by atoms with Gasteiger partial charge in [-0.3, -0.25) is 4.79 Å².